The lowest BCUT2D eigenvalue weighted by Gasteiger charge is -2.21. The Morgan fingerprint density at radius 1 is 1.00 bits per heavy atom. The third-order valence-corrected chi connectivity index (χ3v) is 3.42. The standard InChI is InChI=1S/C11H21NO/c13-11(5-6-11)7-10-12-8-3-1-2-4-9-12/h13H,1-10H2. The summed E-state index contributed by atoms with van der Waals surface area (Å²) in [6.07, 6.45) is 8.62. The van der Waals surface area contributed by atoms with Gasteiger partial charge < -0.3 is 10.0 Å². The molecule has 0 aromatic carbocycles. The van der Waals surface area contributed by atoms with Gasteiger partial charge in [-0.2, -0.15) is 0 Å². The molecule has 1 N–H and O–H groups in total. The van der Waals surface area contributed by atoms with E-state index < -0.39 is 0 Å². The van der Waals surface area contributed by atoms with E-state index in [0.717, 1.165) is 25.8 Å². The molecule has 1 aliphatic heterocycles. The van der Waals surface area contributed by atoms with Crippen LogP contribution in [0.3, 0.4) is 0 Å². The van der Waals surface area contributed by atoms with E-state index in [-0.39, 0.29) is 5.60 Å². The SMILES string of the molecule is OC1(CCN2CCCCCC2)CC1. The van der Waals surface area contributed by atoms with Crippen molar-refractivity contribution in [2.24, 2.45) is 0 Å². The van der Waals surface area contributed by atoms with E-state index in [2.05, 4.69) is 4.90 Å². The number of rotatable bonds is 3. The van der Waals surface area contributed by atoms with E-state index in [1.54, 1.807) is 0 Å². The molecule has 2 heteroatoms. The maximum atomic E-state index is 9.70. The lowest BCUT2D eigenvalue weighted by Crippen LogP contribution is -2.28. The van der Waals surface area contributed by atoms with Crippen molar-refractivity contribution in [3.05, 3.63) is 0 Å². The molecule has 0 spiro atoms. The Hall–Kier alpha value is -0.0800. The van der Waals surface area contributed by atoms with Crippen LogP contribution >= 0.6 is 0 Å². The molecule has 0 radical (unpaired) electrons. The van der Waals surface area contributed by atoms with E-state index in [1.165, 1.54) is 38.8 Å². The predicted octanol–water partition coefficient (Wildman–Crippen LogP) is 1.78. The van der Waals surface area contributed by atoms with Crippen LogP contribution in [0.5, 0.6) is 0 Å². The minimum absolute atomic E-state index is 0.244. The normalized spacial score (nSPS) is 28.4. The highest BCUT2D eigenvalue weighted by molar-refractivity contribution is 4.93. The Labute approximate surface area is 80.9 Å². The Morgan fingerprint density at radius 3 is 2.15 bits per heavy atom. The Bertz CT molecular complexity index is 157. The number of nitrogens with zero attached hydrogens (tertiary/aromatic N) is 1. The summed E-state index contributed by atoms with van der Waals surface area (Å²) in [5.41, 5.74) is -0.244. The molecule has 2 nitrogen and oxygen atoms in total. The molecule has 0 unspecified atom stereocenters. The topological polar surface area (TPSA) is 23.5 Å². The van der Waals surface area contributed by atoms with Crippen molar-refractivity contribution >= 4 is 0 Å². The molecule has 2 fully saturated rings. The minimum atomic E-state index is -0.244. The van der Waals surface area contributed by atoms with Gasteiger partial charge in [0.2, 0.25) is 0 Å². The highest BCUT2D eigenvalue weighted by Gasteiger charge is 2.39. The molecule has 13 heavy (non-hydrogen) atoms. The monoisotopic (exact) mass is 183 g/mol. The molecule has 1 aliphatic carbocycles. The van der Waals surface area contributed by atoms with E-state index in [4.69, 9.17) is 0 Å². The summed E-state index contributed by atoms with van der Waals surface area (Å²) in [6.45, 7) is 3.64. The van der Waals surface area contributed by atoms with Gasteiger partial charge in [-0.15, -0.1) is 0 Å². The van der Waals surface area contributed by atoms with Gasteiger partial charge in [-0.1, -0.05) is 12.8 Å². The van der Waals surface area contributed by atoms with E-state index in [9.17, 15) is 5.11 Å². The van der Waals surface area contributed by atoms with Crippen LogP contribution in [0.25, 0.3) is 0 Å². The number of hydrogen-bond acceptors (Lipinski definition) is 2. The van der Waals surface area contributed by atoms with Gasteiger partial charge >= 0.3 is 0 Å². The largest absolute Gasteiger partial charge is 0.390 e. The van der Waals surface area contributed by atoms with Crippen molar-refractivity contribution < 1.29 is 5.11 Å². The summed E-state index contributed by atoms with van der Waals surface area (Å²) >= 11 is 0. The van der Waals surface area contributed by atoms with Crippen LogP contribution in [0.15, 0.2) is 0 Å². The predicted molar refractivity (Wildman–Crippen MR) is 53.7 cm³/mol. The number of likely N-dealkylation sites (tertiary alicyclic amines) is 1. The lowest BCUT2D eigenvalue weighted by molar-refractivity contribution is 0.120. The van der Waals surface area contributed by atoms with Crippen LogP contribution in [-0.4, -0.2) is 35.2 Å². The van der Waals surface area contributed by atoms with Gasteiger partial charge in [0.1, 0.15) is 0 Å². The average Bonchev–Trinajstić information content (AvgIpc) is 2.87. The van der Waals surface area contributed by atoms with Gasteiger partial charge in [-0.05, 0) is 45.2 Å². The molecule has 76 valence electrons. The third-order valence-electron chi connectivity index (χ3n) is 3.42. The molecule has 1 saturated heterocycles. The first-order valence-electron chi connectivity index (χ1n) is 5.73. The maximum Gasteiger partial charge on any atom is 0.0662 e. The molecule has 0 bridgehead atoms. The highest BCUT2D eigenvalue weighted by Crippen LogP contribution is 2.38. The van der Waals surface area contributed by atoms with Crippen molar-refractivity contribution in [1.82, 2.24) is 4.90 Å². The Balaban J connectivity index is 1.67. The smallest absolute Gasteiger partial charge is 0.0662 e. The Kier molecular flexibility index (Phi) is 2.89. The van der Waals surface area contributed by atoms with Crippen LogP contribution in [0.4, 0.5) is 0 Å². The molecule has 1 heterocycles. The molecule has 0 aromatic rings. The summed E-state index contributed by atoms with van der Waals surface area (Å²) in [7, 11) is 0. The zero-order valence-corrected chi connectivity index (χ0v) is 8.47. The zero-order valence-electron chi connectivity index (χ0n) is 8.47. The zero-order chi connectivity index (χ0) is 9.15. The summed E-state index contributed by atoms with van der Waals surface area (Å²) < 4.78 is 0. The second-order valence-electron chi connectivity index (χ2n) is 4.73. The second kappa shape index (κ2) is 3.97. The average molecular weight is 183 g/mol. The highest BCUT2D eigenvalue weighted by atomic mass is 16.3. The molecule has 1 saturated carbocycles. The quantitative estimate of drug-likeness (QED) is 0.721. The van der Waals surface area contributed by atoms with Gasteiger partial charge in [-0.25, -0.2) is 0 Å². The fraction of sp³-hybridized carbons (Fsp3) is 1.00. The van der Waals surface area contributed by atoms with Gasteiger partial charge in [0.15, 0.2) is 0 Å². The van der Waals surface area contributed by atoms with Crippen LogP contribution < -0.4 is 0 Å². The third kappa shape index (κ3) is 2.96. The van der Waals surface area contributed by atoms with Crippen LogP contribution in [0, 0.1) is 0 Å². The first kappa shape index (κ1) is 9.47. The van der Waals surface area contributed by atoms with Crippen LogP contribution in [0.2, 0.25) is 0 Å². The van der Waals surface area contributed by atoms with Crippen molar-refractivity contribution in [2.45, 2.75) is 50.5 Å². The summed E-state index contributed by atoms with van der Waals surface area (Å²) in [4.78, 5) is 2.53. The fourth-order valence-electron chi connectivity index (χ4n) is 2.12. The summed E-state index contributed by atoms with van der Waals surface area (Å²) in [5.74, 6) is 0. The molecular formula is C11H21NO. The molecule has 0 aromatic heterocycles. The summed E-state index contributed by atoms with van der Waals surface area (Å²) in [5, 5.41) is 9.70. The Morgan fingerprint density at radius 2 is 1.62 bits per heavy atom. The van der Waals surface area contributed by atoms with Crippen molar-refractivity contribution in [3.8, 4) is 0 Å². The van der Waals surface area contributed by atoms with Gasteiger partial charge in [0.05, 0.1) is 5.60 Å². The lowest BCUT2D eigenvalue weighted by atomic mass is 10.2. The van der Waals surface area contributed by atoms with Crippen molar-refractivity contribution in [2.75, 3.05) is 19.6 Å². The molecule has 0 atom stereocenters. The van der Waals surface area contributed by atoms with Crippen molar-refractivity contribution in [3.63, 3.8) is 0 Å². The first-order valence-corrected chi connectivity index (χ1v) is 5.73. The number of hydrogen-bond donors (Lipinski definition) is 1. The maximum absolute atomic E-state index is 9.70. The van der Waals surface area contributed by atoms with E-state index in [0.29, 0.717) is 0 Å². The van der Waals surface area contributed by atoms with Gasteiger partial charge in [-0.3, -0.25) is 0 Å². The van der Waals surface area contributed by atoms with E-state index >= 15 is 0 Å². The second-order valence-corrected chi connectivity index (χ2v) is 4.73. The van der Waals surface area contributed by atoms with Crippen LogP contribution in [-0.2, 0) is 0 Å². The number of aliphatic hydroxyl groups is 1. The van der Waals surface area contributed by atoms with Crippen molar-refractivity contribution in [1.29, 1.82) is 0 Å². The first-order chi connectivity index (χ1) is 6.29. The van der Waals surface area contributed by atoms with E-state index in [1.807, 2.05) is 0 Å². The fourth-order valence-corrected chi connectivity index (χ4v) is 2.12. The summed E-state index contributed by atoms with van der Waals surface area (Å²) in [6, 6.07) is 0. The molecule has 0 amide bonds. The van der Waals surface area contributed by atoms with Gasteiger partial charge in [0.25, 0.3) is 0 Å². The molecular weight excluding hydrogens is 162 g/mol. The molecule has 2 rings (SSSR count). The van der Waals surface area contributed by atoms with Gasteiger partial charge in [0, 0.05) is 6.54 Å². The minimum Gasteiger partial charge on any atom is -0.390 e. The molecule has 2 aliphatic rings. The van der Waals surface area contributed by atoms with Crippen LogP contribution in [0.1, 0.15) is 44.9 Å².